The molecular formula is C16H16N2S. The third-order valence-electron chi connectivity index (χ3n) is 3.20. The Morgan fingerprint density at radius 2 is 2.16 bits per heavy atom. The number of hydrogen-bond acceptors (Lipinski definition) is 3. The molecule has 1 atom stereocenters. The molecule has 0 aliphatic heterocycles. The quantitative estimate of drug-likeness (QED) is 0.773. The lowest BCUT2D eigenvalue weighted by Crippen LogP contribution is -2.21. The van der Waals surface area contributed by atoms with E-state index >= 15 is 0 Å². The standard InChI is InChI=1S/C16H16N2S/c1-2-17-16(15-6-4-10-19-15)13-8-7-12-5-3-9-18-14(12)11-13/h3-11,16-17H,2H2,1H3. The molecule has 1 N–H and O–H groups in total. The summed E-state index contributed by atoms with van der Waals surface area (Å²) in [5.74, 6) is 0. The van der Waals surface area contributed by atoms with Crippen molar-refractivity contribution in [1.82, 2.24) is 10.3 Å². The van der Waals surface area contributed by atoms with Crippen LogP contribution >= 0.6 is 11.3 Å². The van der Waals surface area contributed by atoms with Crippen molar-refractivity contribution in [1.29, 1.82) is 0 Å². The second-order valence-electron chi connectivity index (χ2n) is 4.46. The number of rotatable bonds is 4. The van der Waals surface area contributed by atoms with Crippen molar-refractivity contribution in [2.45, 2.75) is 13.0 Å². The van der Waals surface area contributed by atoms with Crippen LogP contribution in [0.25, 0.3) is 10.9 Å². The maximum atomic E-state index is 4.44. The van der Waals surface area contributed by atoms with E-state index in [1.807, 2.05) is 12.3 Å². The third kappa shape index (κ3) is 2.53. The Bertz CT molecular complexity index is 661. The summed E-state index contributed by atoms with van der Waals surface area (Å²) in [7, 11) is 0. The minimum atomic E-state index is 0.261. The van der Waals surface area contributed by atoms with E-state index in [4.69, 9.17) is 0 Å². The van der Waals surface area contributed by atoms with Gasteiger partial charge in [0, 0.05) is 16.5 Å². The first-order valence-electron chi connectivity index (χ1n) is 6.50. The van der Waals surface area contributed by atoms with Crippen molar-refractivity contribution in [3.8, 4) is 0 Å². The molecule has 0 saturated heterocycles. The molecule has 3 rings (SSSR count). The third-order valence-corrected chi connectivity index (χ3v) is 4.14. The molecule has 1 unspecified atom stereocenters. The molecule has 2 nitrogen and oxygen atoms in total. The lowest BCUT2D eigenvalue weighted by molar-refractivity contribution is 0.640. The number of fused-ring (bicyclic) bond motifs is 1. The molecule has 19 heavy (non-hydrogen) atoms. The van der Waals surface area contributed by atoms with Gasteiger partial charge in [0.1, 0.15) is 0 Å². The molecule has 0 spiro atoms. The van der Waals surface area contributed by atoms with Gasteiger partial charge in [-0.2, -0.15) is 0 Å². The molecule has 3 heteroatoms. The van der Waals surface area contributed by atoms with Crippen LogP contribution in [-0.4, -0.2) is 11.5 Å². The zero-order valence-corrected chi connectivity index (χ0v) is 11.7. The Morgan fingerprint density at radius 1 is 1.21 bits per heavy atom. The molecule has 2 aromatic heterocycles. The molecule has 0 saturated carbocycles. The number of nitrogens with one attached hydrogen (secondary N) is 1. The monoisotopic (exact) mass is 268 g/mol. The van der Waals surface area contributed by atoms with Gasteiger partial charge in [-0.1, -0.05) is 31.2 Å². The Labute approximate surface area is 117 Å². The first kappa shape index (κ1) is 12.3. The van der Waals surface area contributed by atoms with Gasteiger partial charge in [0.15, 0.2) is 0 Å². The SMILES string of the molecule is CCNC(c1ccc2cccnc2c1)c1cccs1. The summed E-state index contributed by atoms with van der Waals surface area (Å²) in [5.41, 5.74) is 2.33. The van der Waals surface area contributed by atoms with E-state index in [-0.39, 0.29) is 6.04 Å². The highest BCUT2D eigenvalue weighted by Gasteiger charge is 2.14. The maximum absolute atomic E-state index is 4.44. The summed E-state index contributed by atoms with van der Waals surface area (Å²) >= 11 is 1.79. The molecule has 0 aliphatic carbocycles. The molecule has 0 aliphatic rings. The fraction of sp³-hybridized carbons (Fsp3) is 0.188. The van der Waals surface area contributed by atoms with Crippen molar-refractivity contribution in [3.05, 3.63) is 64.5 Å². The highest BCUT2D eigenvalue weighted by Crippen LogP contribution is 2.27. The number of nitrogens with zero attached hydrogens (tertiary/aromatic N) is 1. The number of thiophene rings is 1. The summed E-state index contributed by atoms with van der Waals surface area (Å²) < 4.78 is 0. The van der Waals surface area contributed by atoms with E-state index in [0.717, 1.165) is 12.1 Å². The average Bonchev–Trinajstić information content (AvgIpc) is 2.98. The molecule has 0 fully saturated rings. The topological polar surface area (TPSA) is 24.9 Å². The Kier molecular flexibility index (Phi) is 3.58. The summed E-state index contributed by atoms with van der Waals surface area (Å²) in [6.07, 6.45) is 1.85. The van der Waals surface area contributed by atoms with Gasteiger partial charge in [0.2, 0.25) is 0 Å². The van der Waals surface area contributed by atoms with Crippen molar-refractivity contribution in [2.24, 2.45) is 0 Å². The Hall–Kier alpha value is -1.71. The van der Waals surface area contributed by atoms with Gasteiger partial charge < -0.3 is 5.32 Å². The zero-order chi connectivity index (χ0) is 13.1. The van der Waals surface area contributed by atoms with Gasteiger partial charge in [-0.05, 0) is 35.7 Å². The van der Waals surface area contributed by atoms with Gasteiger partial charge in [-0.3, -0.25) is 4.98 Å². The molecule has 2 heterocycles. The molecule has 0 amide bonds. The summed E-state index contributed by atoms with van der Waals surface area (Å²) in [5, 5.41) is 6.86. The molecular weight excluding hydrogens is 252 g/mol. The van der Waals surface area contributed by atoms with Crippen molar-refractivity contribution < 1.29 is 0 Å². The average molecular weight is 268 g/mol. The molecule has 3 aromatic rings. The highest BCUT2D eigenvalue weighted by molar-refractivity contribution is 7.10. The van der Waals surface area contributed by atoms with Crippen molar-refractivity contribution >= 4 is 22.2 Å². The maximum Gasteiger partial charge on any atom is 0.0705 e. The number of aromatic nitrogens is 1. The van der Waals surface area contributed by atoms with Crippen LogP contribution in [0.1, 0.15) is 23.4 Å². The first-order valence-corrected chi connectivity index (χ1v) is 7.38. The van der Waals surface area contributed by atoms with Gasteiger partial charge in [0.25, 0.3) is 0 Å². The molecule has 0 radical (unpaired) electrons. The van der Waals surface area contributed by atoms with Crippen LogP contribution in [0.5, 0.6) is 0 Å². The Morgan fingerprint density at radius 3 is 2.95 bits per heavy atom. The fourth-order valence-corrected chi connectivity index (χ4v) is 3.13. The second-order valence-corrected chi connectivity index (χ2v) is 5.44. The van der Waals surface area contributed by atoms with Crippen LogP contribution < -0.4 is 5.32 Å². The largest absolute Gasteiger partial charge is 0.306 e. The van der Waals surface area contributed by atoms with Gasteiger partial charge in [-0.15, -0.1) is 11.3 Å². The van der Waals surface area contributed by atoms with Crippen LogP contribution in [-0.2, 0) is 0 Å². The lowest BCUT2D eigenvalue weighted by Gasteiger charge is -2.17. The zero-order valence-electron chi connectivity index (χ0n) is 10.8. The molecule has 96 valence electrons. The summed E-state index contributed by atoms with van der Waals surface area (Å²) in [6, 6.07) is 15.1. The lowest BCUT2D eigenvalue weighted by atomic mass is 10.0. The minimum absolute atomic E-state index is 0.261. The van der Waals surface area contributed by atoms with E-state index in [1.54, 1.807) is 11.3 Å². The normalized spacial score (nSPS) is 12.7. The van der Waals surface area contributed by atoms with Crippen LogP contribution in [0.15, 0.2) is 54.0 Å². The van der Waals surface area contributed by atoms with E-state index in [1.165, 1.54) is 15.8 Å². The van der Waals surface area contributed by atoms with E-state index in [2.05, 4.69) is 59.0 Å². The number of pyridine rings is 1. The van der Waals surface area contributed by atoms with Crippen LogP contribution in [0.3, 0.4) is 0 Å². The summed E-state index contributed by atoms with van der Waals surface area (Å²) in [4.78, 5) is 5.79. The van der Waals surface area contributed by atoms with Gasteiger partial charge >= 0.3 is 0 Å². The van der Waals surface area contributed by atoms with E-state index in [9.17, 15) is 0 Å². The Balaban J connectivity index is 2.05. The van der Waals surface area contributed by atoms with Crippen molar-refractivity contribution in [3.63, 3.8) is 0 Å². The predicted octanol–water partition coefficient (Wildman–Crippen LogP) is 4.00. The van der Waals surface area contributed by atoms with Crippen LogP contribution in [0.2, 0.25) is 0 Å². The highest BCUT2D eigenvalue weighted by atomic mass is 32.1. The predicted molar refractivity (Wildman–Crippen MR) is 81.6 cm³/mol. The van der Waals surface area contributed by atoms with Crippen molar-refractivity contribution in [2.75, 3.05) is 6.54 Å². The van der Waals surface area contributed by atoms with Crippen LogP contribution in [0.4, 0.5) is 0 Å². The molecule has 1 aromatic carbocycles. The number of benzene rings is 1. The minimum Gasteiger partial charge on any atom is -0.306 e. The smallest absolute Gasteiger partial charge is 0.0705 e. The first-order chi connectivity index (χ1) is 9.38. The van der Waals surface area contributed by atoms with Crippen LogP contribution in [0, 0.1) is 0 Å². The van der Waals surface area contributed by atoms with Gasteiger partial charge in [-0.25, -0.2) is 0 Å². The fourth-order valence-electron chi connectivity index (χ4n) is 2.31. The summed E-state index contributed by atoms with van der Waals surface area (Å²) in [6.45, 7) is 3.09. The van der Waals surface area contributed by atoms with Gasteiger partial charge in [0.05, 0.1) is 11.6 Å². The van der Waals surface area contributed by atoms with E-state index in [0.29, 0.717) is 0 Å². The van der Waals surface area contributed by atoms with E-state index < -0.39 is 0 Å². The second kappa shape index (κ2) is 5.51. The molecule has 0 bridgehead atoms. The number of hydrogen-bond donors (Lipinski definition) is 1.